The van der Waals surface area contributed by atoms with E-state index >= 15 is 0 Å². The highest BCUT2D eigenvalue weighted by Gasteiger charge is 2.32. The zero-order valence-corrected chi connectivity index (χ0v) is 11.9. The molecule has 3 rings (SSSR count). The summed E-state index contributed by atoms with van der Waals surface area (Å²) < 4.78 is 27.1. The number of anilines is 2. The van der Waals surface area contributed by atoms with Gasteiger partial charge in [0.1, 0.15) is 10.7 Å². The third-order valence-electron chi connectivity index (χ3n) is 3.42. The van der Waals surface area contributed by atoms with E-state index in [4.69, 9.17) is 0 Å². The number of nitrogens with one attached hydrogen (secondary N) is 1. The fourth-order valence-corrected chi connectivity index (χ4v) is 4.12. The molecule has 0 aliphatic carbocycles. The van der Waals surface area contributed by atoms with E-state index in [1.807, 2.05) is 24.3 Å². The second kappa shape index (κ2) is 4.79. The number of fused-ring (bicyclic) bond motifs is 1. The van der Waals surface area contributed by atoms with Crippen molar-refractivity contribution in [2.24, 2.45) is 0 Å². The van der Waals surface area contributed by atoms with Crippen molar-refractivity contribution < 1.29 is 8.42 Å². The third-order valence-corrected chi connectivity index (χ3v) is 5.26. The van der Waals surface area contributed by atoms with Crippen LogP contribution in [0.4, 0.5) is 11.5 Å². The molecule has 0 spiro atoms. The van der Waals surface area contributed by atoms with E-state index in [9.17, 15) is 8.42 Å². The van der Waals surface area contributed by atoms with Crippen LogP contribution in [0.5, 0.6) is 0 Å². The molecule has 1 aromatic carbocycles. The molecule has 0 atom stereocenters. The van der Waals surface area contributed by atoms with Gasteiger partial charge in [0, 0.05) is 19.8 Å². The summed E-state index contributed by atoms with van der Waals surface area (Å²) in [6.45, 7) is 0.472. The maximum atomic E-state index is 12.8. The fourth-order valence-electron chi connectivity index (χ4n) is 2.46. The van der Waals surface area contributed by atoms with Crippen molar-refractivity contribution in [2.45, 2.75) is 11.3 Å². The quantitative estimate of drug-likeness (QED) is 0.937. The lowest BCUT2D eigenvalue weighted by atomic mass is 10.2. The maximum absolute atomic E-state index is 12.8. The highest BCUT2D eigenvalue weighted by atomic mass is 32.2. The Hall–Kier alpha value is -2.08. The number of para-hydroxylation sites is 1. The molecule has 1 aliphatic heterocycles. The number of hydrogen-bond donors (Lipinski definition) is 1. The second-order valence-electron chi connectivity index (χ2n) is 4.56. The number of rotatable bonds is 3. The molecule has 0 saturated heterocycles. The minimum Gasteiger partial charge on any atom is -0.372 e. The van der Waals surface area contributed by atoms with Crippen LogP contribution in [0.1, 0.15) is 5.56 Å². The molecule has 0 amide bonds. The molecule has 1 aromatic heterocycles. The van der Waals surface area contributed by atoms with E-state index in [2.05, 4.69) is 10.3 Å². The molecular weight excluding hydrogens is 274 g/mol. The lowest BCUT2D eigenvalue weighted by Crippen LogP contribution is -2.29. The maximum Gasteiger partial charge on any atom is 0.268 e. The minimum atomic E-state index is -3.59. The Kier molecular flexibility index (Phi) is 3.10. The van der Waals surface area contributed by atoms with Gasteiger partial charge in [-0.2, -0.15) is 0 Å². The summed E-state index contributed by atoms with van der Waals surface area (Å²) in [6, 6.07) is 10.8. The summed E-state index contributed by atoms with van der Waals surface area (Å²) in [5, 5.41) is 2.83. The molecule has 20 heavy (non-hydrogen) atoms. The molecule has 0 unspecified atom stereocenters. The predicted molar refractivity (Wildman–Crippen MR) is 78.5 cm³/mol. The Morgan fingerprint density at radius 1 is 1.20 bits per heavy atom. The number of aromatic nitrogens is 1. The summed E-state index contributed by atoms with van der Waals surface area (Å²) >= 11 is 0. The smallest absolute Gasteiger partial charge is 0.268 e. The van der Waals surface area contributed by atoms with E-state index in [0.29, 0.717) is 12.4 Å². The topological polar surface area (TPSA) is 62.3 Å². The molecule has 1 aliphatic rings. The lowest BCUT2D eigenvalue weighted by molar-refractivity contribution is 0.592. The molecule has 1 N–H and O–H groups in total. The Labute approximate surface area is 118 Å². The number of sulfonamides is 1. The van der Waals surface area contributed by atoms with Gasteiger partial charge in [-0.25, -0.2) is 13.4 Å². The highest BCUT2D eigenvalue weighted by molar-refractivity contribution is 7.93. The Morgan fingerprint density at radius 2 is 2.00 bits per heavy atom. The Balaban J connectivity index is 2.10. The SMILES string of the molecule is CNc1ncccc1S(=O)(=O)N1CCc2ccccc21. The van der Waals surface area contributed by atoms with Crippen LogP contribution in [0.2, 0.25) is 0 Å². The average molecular weight is 289 g/mol. The minimum absolute atomic E-state index is 0.208. The van der Waals surface area contributed by atoms with E-state index in [1.54, 1.807) is 25.4 Å². The van der Waals surface area contributed by atoms with Crippen molar-refractivity contribution in [1.29, 1.82) is 0 Å². The van der Waals surface area contributed by atoms with Gasteiger partial charge in [-0.15, -0.1) is 0 Å². The van der Waals surface area contributed by atoms with Crippen molar-refractivity contribution in [3.8, 4) is 0 Å². The van der Waals surface area contributed by atoms with E-state index in [-0.39, 0.29) is 4.90 Å². The fraction of sp³-hybridized carbons (Fsp3) is 0.214. The highest BCUT2D eigenvalue weighted by Crippen LogP contribution is 2.33. The van der Waals surface area contributed by atoms with Gasteiger partial charge in [0.05, 0.1) is 5.69 Å². The first kappa shape index (κ1) is 12.9. The number of nitrogens with zero attached hydrogens (tertiary/aromatic N) is 2. The zero-order valence-electron chi connectivity index (χ0n) is 11.1. The van der Waals surface area contributed by atoms with Crippen molar-refractivity contribution in [3.63, 3.8) is 0 Å². The van der Waals surface area contributed by atoms with Crippen molar-refractivity contribution >= 4 is 21.5 Å². The number of benzene rings is 1. The molecule has 0 radical (unpaired) electrons. The molecule has 0 fully saturated rings. The van der Waals surface area contributed by atoms with Gasteiger partial charge in [0.25, 0.3) is 10.0 Å². The van der Waals surface area contributed by atoms with Crippen molar-refractivity contribution in [1.82, 2.24) is 4.98 Å². The van der Waals surface area contributed by atoms with Crippen molar-refractivity contribution in [3.05, 3.63) is 48.2 Å². The molecule has 0 saturated carbocycles. The molecule has 5 nitrogen and oxygen atoms in total. The molecule has 6 heteroatoms. The summed E-state index contributed by atoms with van der Waals surface area (Å²) in [4.78, 5) is 4.28. The first-order valence-corrected chi connectivity index (χ1v) is 7.82. The first-order valence-electron chi connectivity index (χ1n) is 6.38. The molecule has 2 aromatic rings. The lowest BCUT2D eigenvalue weighted by Gasteiger charge is -2.20. The molecule has 2 heterocycles. The third kappa shape index (κ3) is 1.92. The standard InChI is InChI=1S/C14H15N3O2S/c1-15-14-13(7-4-9-16-14)20(18,19)17-10-8-11-5-2-3-6-12(11)17/h2-7,9H,8,10H2,1H3,(H,15,16). The first-order chi connectivity index (χ1) is 9.64. The Bertz CT molecular complexity index is 744. The van der Waals surface area contributed by atoms with E-state index < -0.39 is 10.0 Å². The summed E-state index contributed by atoms with van der Waals surface area (Å²) in [5.41, 5.74) is 1.82. The van der Waals surface area contributed by atoms with Gasteiger partial charge in [-0.1, -0.05) is 18.2 Å². The van der Waals surface area contributed by atoms with Gasteiger partial charge >= 0.3 is 0 Å². The van der Waals surface area contributed by atoms with Crippen LogP contribution in [0.15, 0.2) is 47.5 Å². The molecule has 104 valence electrons. The van der Waals surface area contributed by atoms with Crippen LogP contribution in [0.3, 0.4) is 0 Å². The molecular formula is C14H15N3O2S. The van der Waals surface area contributed by atoms with E-state index in [1.165, 1.54) is 4.31 Å². The van der Waals surface area contributed by atoms with Crippen LogP contribution in [0.25, 0.3) is 0 Å². The van der Waals surface area contributed by atoms with E-state index in [0.717, 1.165) is 17.7 Å². The zero-order chi connectivity index (χ0) is 14.2. The van der Waals surface area contributed by atoms with Crippen molar-refractivity contribution in [2.75, 3.05) is 23.2 Å². The monoisotopic (exact) mass is 289 g/mol. The van der Waals surface area contributed by atoms with Crippen LogP contribution < -0.4 is 9.62 Å². The molecule has 0 bridgehead atoms. The van der Waals surface area contributed by atoms with Crippen LogP contribution in [0, 0.1) is 0 Å². The number of pyridine rings is 1. The summed E-state index contributed by atoms with van der Waals surface area (Å²) in [6.07, 6.45) is 2.31. The average Bonchev–Trinajstić information content (AvgIpc) is 2.92. The summed E-state index contributed by atoms with van der Waals surface area (Å²) in [5.74, 6) is 0.372. The van der Waals surface area contributed by atoms with Crippen LogP contribution in [-0.2, 0) is 16.4 Å². The largest absolute Gasteiger partial charge is 0.372 e. The van der Waals surface area contributed by atoms with Gasteiger partial charge < -0.3 is 5.32 Å². The summed E-state index contributed by atoms with van der Waals surface area (Å²) in [7, 11) is -1.92. The van der Waals surface area contributed by atoms with Gasteiger partial charge in [0.2, 0.25) is 0 Å². The second-order valence-corrected chi connectivity index (χ2v) is 6.39. The van der Waals surface area contributed by atoms with Crippen LogP contribution >= 0.6 is 0 Å². The van der Waals surface area contributed by atoms with Gasteiger partial charge in [-0.05, 0) is 30.2 Å². The predicted octanol–water partition coefficient (Wildman–Crippen LogP) is 1.87. The normalized spacial score (nSPS) is 14.2. The van der Waals surface area contributed by atoms with Gasteiger partial charge in [0.15, 0.2) is 0 Å². The van der Waals surface area contributed by atoms with Crippen LogP contribution in [-0.4, -0.2) is 27.0 Å². The Morgan fingerprint density at radius 3 is 2.80 bits per heavy atom. The van der Waals surface area contributed by atoms with Gasteiger partial charge in [-0.3, -0.25) is 4.31 Å². The number of hydrogen-bond acceptors (Lipinski definition) is 4.